The molecular weight excluding hydrogens is 260 g/mol. The van der Waals surface area contributed by atoms with Crippen molar-refractivity contribution < 1.29 is 0 Å². The number of hydrogen-bond donors (Lipinski definition) is 1. The van der Waals surface area contributed by atoms with Crippen LogP contribution >= 0.6 is 27.3 Å². The molecule has 0 bridgehead atoms. The molecule has 0 unspecified atom stereocenters. The summed E-state index contributed by atoms with van der Waals surface area (Å²) in [6.07, 6.45) is 0. The van der Waals surface area contributed by atoms with Crippen LogP contribution in [0.1, 0.15) is 11.8 Å². The van der Waals surface area contributed by atoms with Crippen molar-refractivity contribution in [2.24, 2.45) is 0 Å². The number of nitrogens with one attached hydrogen (secondary N) is 1. The van der Waals surface area contributed by atoms with Gasteiger partial charge >= 0.3 is 0 Å². The summed E-state index contributed by atoms with van der Waals surface area (Å²) in [6, 6.07) is 5.00. The Bertz CT molecular complexity index is 300. The minimum Gasteiger partial charge on any atom is -0.314 e. The van der Waals surface area contributed by atoms with Gasteiger partial charge in [-0.2, -0.15) is 0 Å². The Morgan fingerprint density at radius 2 is 2.50 bits per heavy atom. The Balaban J connectivity index is 1.95. The predicted molar refractivity (Wildman–Crippen MR) is 64.8 cm³/mol. The first-order chi connectivity index (χ1) is 6.75. The van der Waals surface area contributed by atoms with Crippen molar-refractivity contribution in [3.8, 4) is 0 Å². The normalized spacial score (nSPS) is 24.0. The fourth-order valence-corrected chi connectivity index (χ4v) is 3.26. The highest BCUT2D eigenvalue weighted by atomic mass is 79.9. The first-order valence-corrected chi connectivity index (χ1v) is 6.55. The van der Waals surface area contributed by atoms with Gasteiger partial charge in [0.1, 0.15) is 0 Å². The van der Waals surface area contributed by atoms with Crippen LogP contribution in [0.15, 0.2) is 15.9 Å². The molecule has 0 aliphatic carbocycles. The largest absolute Gasteiger partial charge is 0.314 e. The minimum absolute atomic E-state index is 0.657. The van der Waals surface area contributed by atoms with Crippen LogP contribution in [-0.4, -0.2) is 30.6 Å². The molecule has 2 nitrogen and oxygen atoms in total. The number of piperazine rings is 1. The van der Waals surface area contributed by atoms with Crippen LogP contribution in [0.4, 0.5) is 0 Å². The van der Waals surface area contributed by atoms with E-state index in [1.54, 1.807) is 0 Å². The molecule has 14 heavy (non-hydrogen) atoms. The van der Waals surface area contributed by atoms with E-state index in [1.165, 1.54) is 8.66 Å². The van der Waals surface area contributed by atoms with E-state index in [4.69, 9.17) is 0 Å². The van der Waals surface area contributed by atoms with Gasteiger partial charge in [0.2, 0.25) is 0 Å². The molecule has 1 fully saturated rings. The van der Waals surface area contributed by atoms with Gasteiger partial charge in [-0.1, -0.05) is 0 Å². The topological polar surface area (TPSA) is 15.3 Å². The molecule has 2 rings (SSSR count). The zero-order valence-corrected chi connectivity index (χ0v) is 10.7. The zero-order valence-electron chi connectivity index (χ0n) is 8.29. The lowest BCUT2D eigenvalue weighted by Gasteiger charge is -2.33. The van der Waals surface area contributed by atoms with Gasteiger partial charge in [0.15, 0.2) is 0 Å². The van der Waals surface area contributed by atoms with Crippen molar-refractivity contribution in [3.63, 3.8) is 0 Å². The highest BCUT2D eigenvalue weighted by molar-refractivity contribution is 9.11. The van der Waals surface area contributed by atoms with Gasteiger partial charge < -0.3 is 5.32 Å². The third-order valence-corrected chi connectivity index (χ3v) is 4.24. The average Bonchev–Trinajstić information content (AvgIpc) is 2.56. The van der Waals surface area contributed by atoms with Crippen molar-refractivity contribution in [1.82, 2.24) is 10.2 Å². The van der Waals surface area contributed by atoms with Crippen molar-refractivity contribution in [3.05, 3.63) is 20.8 Å². The van der Waals surface area contributed by atoms with Gasteiger partial charge in [-0.25, -0.2) is 0 Å². The van der Waals surface area contributed by atoms with Crippen molar-refractivity contribution in [1.29, 1.82) is 0 Å². The van der Waals surface area contributed by atoms with Gasteiger partial charge in [0.25, 0.3) is 0 Å². The smallest absolute Gasteiger partial charge is 0.0701 e. The van der Waals surface area contributed by atoms with Gasteiger partial charge in [-0.15, -0.1) is 11.3 Å². The minimum atomic E-state index is 0.657. The summed E-state index contributed by atoms with van der Waals surface area (Å²) in [4.78, 5) is 3.99. The van der Waals surface area contributed by atoms with Crippen LogP contribution < -0.4 is 5.32 Å². The standard InChI is InChI=1S/C10H15BrN2S/c1-8-6-12-4-5-13(8)7-9-2-3-10(11)14-9/h2-3,8,12H,4-7H2,1H3/t8-/m0/s1. The Labute approximate surface area is 97.4 Å². The van der Waals surface area contributed by atoms with Crippen molar-refractivity contribution in [2.45, 2.75) is 19.5 Å². The molecule has 4 heteroatoms. The van der Waals surface area contributed by atoms with Crippen molar-refractivity contribution in [2.75, 3.05) is 19.6 Å². The first kappa shape index (κ1) is 10.6. The average molecular weight is 275 g/mol. The molecule has 0 aromatic carbocycles. The van der Waals surface area contributed by atoms with Crippen LogP contribution in [0.2, 0.25) is 0 Å². The quantitative estimate of drug-likeness (QED) is 0.891. The van der Waals surface area contributed by atoms with Crippen LogP contribution in [0.3, 0.4) is 0 Å². The summed E-state index contributed by atoms with van der Waals surface area (Å²) in [5.41, 5.74) is 0. The second kappa shape index (κ2) is 4.75. The van der Waals surface area contributed by atoms with E-state index in [0.717, 1.165) is 26.2 Å². The third-order valence-electron chi connectivity index (χ3n) is 2.63. The molecule has 1 saturated heterocycles. The Morgan fingerprint density at radius 3 is 3.14 bits per heavy atom. The second-order valence-electron chi connectivity index (χ2n) is 3.73. The molecule has 0 spiro atoms. The molecule has 0 amide bonds. The van der Waals surface area contributed by atoms with E-state index < -0.39 is 0 Å². The van der Waals surface area contributed by atoms with E-state index in [-0.39, 0.29) is 0 Å². The fraction of sp³-hybridized carbons (Fsp3) is 0.600. The Hall–Kier alpha value is 0.1000. The molecule has 0 saturated carbocycles. The lowest BCUT2D eigenvalue weighted by Crippen LogP contribution is -2.49. The number of nitrogens with zero attached hydrogens (tertiary/aromatic N) is 1. The number of thiophene rings is 1. The zero-order chi connectivity index (χ0) is 9.97. The molecule has 1 atom stereocenters. The Kier molecular flexibility index (Phi) is 3.60. The SMILES string of the molecule is C[C@H]1CNCCN1Cc1ccc(Br)s1. The van der Waals surface area contributed by atoms with Gasteiger partial charge in [-0.05, 0) is 35.0 Å². The van der Waals surface area contributed by atoms with Crippen LogP contribution in [0, 0.1) is 0 Å². The lowest BCUT2D eigenvalue weighted by molar-refractivity contribution is 0.167. The predicted octanol–water partition coefficient (Wildman–Crippen LogP) is 2.30. The number of hydrogen-bond acceptors (Lipinski definition) is 3. The third kappa shape index (κ3) is 2.57. The van der Waals surface area contributed by atoms with Crippen LogP contribution in [-0.2, 0) is 6.54 Å². The van der Waals surface area contributed by atoms with Gasteiger partial charge in [0, 0.05) is 37.1 Å². The Morgan fingerprint density at radius 1 is 1.64 bits per heavy atom. The van der Waals surface area contributed by atoms with Crippen LogP contribution in [0.25, 0.3) is 0 Å². The van der Waals surface area contributed by atoms with E-state index in [9.17, 15) is 0 Å². The molecule has 2 heterocycles. The molecule has 1 aliphatic rings. The summed E-state index contributed by atoms with van der Waals surface area (Å²) < 4.78 is 1.23. The summed E-state index contributed by atoms with van der Waals surface area (Å²) >= 11 is 5.34. The summed E-state index contributed by atoms with van der Waals surface area (Å²) in [5, 5.41) is 3.41. The molecule has 78 valence electrons. The van der Waals surface area contributed by atoms with E-state index in [2.05, 4.69) is 45.2 Å². The maximum atomic E-state index is 3.50. The van der Waals surface area contributed by atoms with Crippen molar-refractivity contribution >= 4 is 27.3 Å². The molecule has 1 N–H and O–H groups in total. The molecule has 1 aromatic rings. The van der Waals surface area contributed by atoms with Gasteiger partial charge in [-0.3, -0.25) is 4.90 Å². The monoisotopic (exact) mass is 274 g/mol. The maximum absolute atomic E-state index is 3.50. The number of rotatable bonds is 2. The number of halogens is 1. The highest BCUT2D eigenvalue weighted by Crippen LogP contribution is 2.23. The van der Waals surface area contributed by atoms with E-state index in [1.807, 2.05) is 11.3 Å². The first-order valence-electron chi connectivity index (χ1n) is 4.94. The highest BCUT2D eigenvalue weighted by Gasteiger charge is 2.18. The fourth-order valence-electron chi connectivity index (χ4n) is 1.75. The summed E-state index contributed by atoms with van der Waals surface area (Å²) in [6.45, 7) is 6.79. The molecule has 0 radical (unpaired) electrons. The molecule has 1 aliphatic heterocycles. The van der Waals surface area contributed by atoms with E-state index >= 15 is 0 Å². The van der Waals surface area contributed by atoms with Crippen LogP contribution in [0.5, 0.6) is 0 Å². The van der Waals surface area contributed by atoms with E-state index in [0.29, 0.717) is 6.04 Å². The molecular formula is C10H15BrN2S. The second-order valence-corrected chi connectivity index (χ2v) is 6.28. The van der Waals surface area contributed by atoms with Gasteiger partial charge in [0.05, 0.1) is 3.79 Å². The molecule has 1 aromatic heterocycles. The summed E-state index contributed by atoms with van der Waals surface area (Å²) in [7, 11) is 0. The summed E-state index contributed by atoms with van der Waals surface area (Å²) in [5.74, 6) is 0. The maximum Gasteiger partial charge on any atom is 0.0701 e. The lowest BCUT2D eigenvalue weighted by atomic mass is 10.2.